The molecule has 1 unspecified atom stereocenters. The molecular weight excluding hydrogens is 210 g/mol. The van der Waals surface area contributed by atoms with Gasteiger partial charge in [0.05, 0.1) is 0 Å². The van der Waals surface area contributed by atoms with Crippen LogP contribution < -0.4 is 0 Å². The zero-order valence-electron chi connectivity index (χ0n) is 8.90. The minimum atomic E-state index is -1.42. The highest BCUT2D eigenvalue weighted by Gasteiger charge is 2.12. The van der Waals surface area contributed by atoms with Crippen molar-refractivity contribution < 1.29 is 0 Å². The lowest BCUT2D eigenvalue weighted by molar-refractivity contribution is 1.50. The molecule has 0 bridgehead atoms. The highest BCUT2D eigenvalue weighted by Crippen LogP contribution is 2.48. The zero-order valence-corrected chi connectivity index (χ0v) is 10.6. The molecule has 0 aromatic heterocycles. The van der Waals surface area contributed by atoms with Gasteiger partial charge in [-0.15, -0.1) is 20.7 Å². The van der Waals surface area contributed by atoms with Crippen LogP contribution in [0.25, 0.3) is 0 Å². The van der Waals surface area contributed by atoms with Crippen molar-refractivity contribution in [3.8, 4) is 5.40 Å². The van der Waals surface area contributed by atoms with Gasteiger partial charge in [0.1, 0.15) is 5.40 Å². The highest BCUT2D eigenvalue weighted by molar-refractivity contribution is 8.89. The average molecular weight is 227 g/mol. The first-order valence-electron chi connectivity index (χ1n) is 4.39. The second kappa shape index (κ2) is 6.80. The fourth-order valence-electron chi connectivity index (χ4n) is 0.942. The van der Waals surface area contributed by atoms with Gasteiger partial charge in [-0.1, -0.05) is 30.4 Å². The van der Waals surface area contributed by atoms with Crippen molar-refractivity contribution in [1.82, 2.24) is 0 Å². The van der Waals surface area contributed by atoms with E-state index in [-0.39, 0.29) is 0 Å². The highest BCUT2D eigenvalue weighted by atomic mass is 33.1. The summed E-state index contributed by atoms with van der Waals surface area (Å²) in [6.07, 6.45) is 11.9. The molecule has 0 aliphatic rings. The van der Waals surface area contributed by atoms with E-state index < -0.39 is 9.06 Å². The summed E-state index contributed by atoms with van der Waals surface area (Å²) >= 11 is 4.36. The molecule has 0 amide bonds. The molecule has 0 spiro atoms. The molecule has 0 saturated heterocycles. The maximum absolute atomic E-state index is 8.88. The summed E-state index contributed by atoms with van der Waals surface area (Å²) in [4.78, 5) is 0. The number of thiol groups is 1. The van der Waals surface area contributed by atoms with E-state index in [1.165, 1.54) is 0 Å². The molecular formula is C11H17NS2. The normalized spacial score (nSPS) is 19.5. The SMILES string of the molecule is C\C=C/C=C(\C=C/C)CS(C)(S)C#N. The Hall–Kier alpha value is -0.590. The van der Waals surface area contributed by atoms with Crippen LogP contribution in [0.15, 0.2) is 36.0 Å². The number of thiocyanates is 1. The maximum atomic E-state index is 8.88. The second-order valence-corrected chi connectivity index (χ2v) is 8.01. The van der Waals surface area contributed by atoms with Gasteiger partial charge in [0.25, 0.3) is 0 Å². The molecule has 1 nitrogen and oxygen atoms in total. The van der Waals surface area contributed by atoms with E-state index in [4.69, 9.17) is 5.26 Å². The third-order valence-corrected chi connectivity index (χ3v) is 3.45. The quantitative estimate of drug-likeness (QED) is 0.335. The number of hydrogen-bond donors (Lipinski definition) is 1. The van der Waals surface area contributed by atoms with E-state index in [1.807, 2.05) is 50.5 Å². The summed E-state index contributed by atoms with van der Waals surface area (Å²) in [6.45, 7) is 3.95. The van der Waals surface area contributed by atoms with Crippen molar-refractivity contribution in [1.29, 1.82) is 5.26 Å². The average Bonchev–Trinajstić information content (AvgIpc) is 2.14. The number of rotatable bonds is 4. The van der Waals surface area contributed by atoms with Crippen LogP contribution in [0.2, 0.25) is 0 Å². The van der Waals surface area contributed by atoms with E-state index in [0.29, 0.717) is 0 Å². The Bertz CT molecular complexity index is 293. The third-order valence-electron chi connectivity index (χ3n) is 1.53. The monoisotopic (exact) mass is 227 g/mol. The van der Waals surface area contributed by atoms with Crippen LogP contribution in [0.5, 0.6) is 0 Å². The van der Waals surface area contributed by atoms with Gasteiger partial charge < -0.3 is 0 Å². The van der Waals surface area contributed by atoms with E-state index >= 15 is 0 Å². The van der Waals surface area contributed by atoms with Gasteiger partial charge in [0.2, 0.25) is 0 Å². The van der Waals surface area contributed by atoms with Crippen molar-refractivity contribution in [3.05, 3.63) is 36.0 Å². The number of nitriles is 1. The fraction of sp³-hybridized carbons (Fsp3) is 0.364. The van der Waals surface area contributed by atoms with E-state index in [1.54, 1.807) is 0 Å². The molecule has 0 radical (unpaired) electrons. The number of allylic oxidation sites excluding steroid dienone is 5. The van der Waals surface area contributed by atoms with Gasteiger partial charge in [0, 0.05) is 5.75 Å². The molecule has 0 rings (SSSR count). The van der Waals surface area contributed by atoms with Gasteiger partial charge in [-0.05, 0) is 25.7 Å². The third kappa shape index (κ3) is 5.95. The van der Waals surface area contributed by atoms with Gasteiger partial charge in [-0.25, -0.2) is 0 Å². The molecule has 1 atom stereocenters. The Morgan fingerprint density at radius 2 is 2.07 bits per heavy atom. The van der Waals surface area contributed by atoms with Crippen LogP contribution in [0.1, 0.15) is 13.8 Å². The smallest absolute Gasteiger partial charge is 0.122 e. The molecule has 0 aromatic rings. The van der Waals surface area contributed by atoms with Gasteiger partial charge in [0.15, 0.2) is 0 Å². The lowest BCUT2D eigenvalue weighted by atomic mass is 10.2. The van der Waals surface area contributed by atoms with Gasteiger partial charge in [-0.3, -0.25) is 0 Å². The molecule has 0 aliphatic carbocycles. The first kappa shape index (κ1) is 13.4. The van der Waals surface area contributed by atoms with Crippen LogP contribution in [0.3, 0.4) is 0 Å². The first-order chi connectivity index (χ1) is 6.55. The van der Waals surface area contributed by atoms with Crippen molar-refractivity contribution >= 4 is 20.7 Å². The molecule has 0 saturated carbocycles. The van der Waals surface area contributed by atoms with Crippen LogP contribution in [-0.4, -0.2) is 12.0 Å². The minimum Gasteiger partial charge on any atom is -0.186 e. The number of nitrogens with zero attached hydrogens (tertiary/aromatic N) is 1. The molecule has 0 aliphatic heterocycles. The molecule has 78 valence electrons. The fourth-order valence-corrected chi connectivity index (χ4v) is 2.30. The Morgan fingerprint density at radius 1 is 1.43 bits per heavy atom. The second-order valence-electron chi connectivity index (χ2n) is 3.04. The summed E-state index contributed by atoms with van der Waals surface area (Å²) in [5.41, 5.74) is 1.15. The zero-order chi connectivity index (χ0) is 11.0. The van der Waals surface area contributed by atoms with Crippen LogP contribution in [-0.2, 0) is 0 Å². The first-order valence-corrected chi connectivity index (χ1v) is 7.66. The molecule has 14 heavy (non-hydrogen) atoms. The molecule has 0 fully saturated rings. The summed E-state index contributed by atoms with van der Waals surface area (Å²) in [6, 6.07) is 0. The maximum Gasteiger partial charge on any atom is 0.122 e. The Morgan fingerprint density at radius 3 is 2.50 bits per heavy atom. The predicted octanol–water partition coefficient (Wildman–Crippen LogP) is 3.83. The summed E-state index contributed by atoms with van der Waals surface area (Å²) in [5, 5.41) is 11.1. The van der Waals surface area contributed by atoms with Gasteiger partial charge in [-0.2, -0.15) is 5.26 Å². The Labute approximate surface area is 93.3 Å². The lowest BCUT2D eigenvalue weighted by Crippen LogP contribution is -1.95. The van der Waals surface area contributed by atoms with Crippen molar-refractivity contribution in [2.45, 2.75) is 13.8 Å². The lowest BCUT2D eigenvalue weighted by Gasteiger charge is -2.20. The molecule has 0 aromatic carbocycles. The van der Waals surface area contributed by atoms with Gasteiger partial charge >= 0.3 is 0 Å². The minimum absolute atomic E-state index is 0.737. The summed E-state index contributed by atoms with van der Waals surface area (Å²) in [7, 11) is -1.42. The predicted molar refractivity (Wildman–Crippen MR) is 70.7 cm³/mol. The van der Waals surface area contributed by atoms with Crippen LogP contribution >= 0.6 is 20.7 Å². The molecule has 0 N–H and O–H groups in total. The summed E-state index contributed by atoms with van der Waals surface area (Å²) in [5.74, 6) is 0.737. The Kier molecular flexibility index (Phi) is 6.52. The van der Waals surface area contributed by atoms with Crippen LogP contribution in [0.4, 0.5) is 0 Å². The molecule has 0 heterocycles. The van der Waals surface area contributed by atoms with Crippen molar-refractivity contribution in [2.24, 2.45) is 0 Å². The van der Waals surface area contributed by atoms with E-state index in [0.717, 1.165) is 11.3 Å². The summed E-state index contributed by atoms with van der Waals surface area (Å²) < 4.78 is 0. The Balaban J connectivity index is 4.64. The van der Waals surface area contributed by atoms with Crippen molar-refractivity contribution in [3.63, 3.8) is 0 Å². The largest absolute Gasteiger partial charge is 0.186 e. The van der Waals surface area contributed by atoms with Crippen molar-refractivity contribution in [2.75, 3.05) is 12.0 Å². The topological polar surface area (TPSA) is 23.8 Å². The van der Waals surface area contributed by atoms with Crippen LogP contribution in [0, 0.1) is 10.7 Å². The van der Waals surface area contributed by atoms with E-state index in [2.05, 4.69) is 17.1 Å². The molecule has 3 heteroatoms. The standard InChI is InChI=1S/C11H17NS2/c1-4-6-8-11(7-5-2)9-14(3,13)10-12/h4-8,13H,9H2,1-3H3/b6-4-,7-5-,11-8+. The number of hydrogen-bond acceptors (Lipinski definition) is 2. The van der Waals surface area contributed by atoms with E-state index in [9.17, 15) is 0 Å².